The van der Waals surface area contributed by atoms with Crippen molar-refractivity contribution < 1.29 is 4.74 Å². The third-order valence-corrected chi connectivity index (χ3v) is 4.90. The van der Waals surface area contributed by atoms with Crippen LogP contribution in [0.25, 0.3) is 16.1 Å². The molecule has 8 heteroatoms. The van der Waals surface area contributed by atoms with E-state index >= 15 is 0 Å². The van der Waals surface area contributed by atoms with E-state index in [2.05, 4.69) is 17.0 Å². The van der Waals surface area contributed by atoms with Crippen molar-refractivity contribution in [3.05, 3.63) is 29.7 Å². The van der Waals surface area contributed by atoms with Crippen LogP contribution in [-0.2, 0) is 0 Å². The Kier molecular flexibility index (Phi) is 4.03. The van der Waals surface area contributed by atoms with Crippen molar-refractivity contribution in [3.63, 3.8) is 0 Å². The first-order valence-corrected chi connectivity index (χ1v) is 8.06. The van der Waals surface area contributed by atoms with Crippen LogP contribution in [0.3, 0.4) is 0 Å². The lowest BCUT2D eigenvalue weighted by atomic mass is 9.77. The maximum atomic E-state index is 6.18. The van der Waals surface area contributed by atoms with Crippen LogP contribution in [-0.4, -0.2) is 31.2 Å². The van der Waals surface area contributed by atoms with Crippen LogP contribution in [0, 0.1) is 6.92 Å². The Morgan fingerprint density at radius 2 is 2.22 bits per heavy atom. The molecule has 0 radical (unpaired) electrons. The average molecular weight is 352 g/mol. The predicted molar refractivity (Wildman–Crippen MR) is 92.3 cm³/mol. The van der Waals surface area contributed by atoms with E-state index in [1.54, 1.807) is 22.0 Å². The Morgan fingerprint density at radius 3 is 2.87 bits per heavy atom. The maximum Gasteiger partial charge on any atom is 0.241 e. The molecule has 0 amide bonds. The number of fused-ring (bicyclic) bond motifs is 1. The molecule has 0 aliphatic heterocycles. The second kappa shape index (κ2) is 5.74. The number of nitrogens with two attached hydrogens (primary N) is 1. The van der Waals surface area contributed by atoms with E-state index in [4.69, 9.17) is 15.5 Å². The lowest BCUT2D eigenvalue weighted by Gasteiger charge is -2.42. The van der Waals surface area contributed by atoms with Gasteiger partial charge in [-0.1, -0.05) is 0 Å². The Hall–Kier alpha value is -1.70. The van der Waals surface area contributed by atoms with Crippen LogP contribution in [0.5, 0.6) is 5.88 Å². The van der Waals surface area contributed by atoms with Gasteiger partial charge in [0.2, 0.25) is 5.88 Å². The quantitative estimate of drug-likeness (QED) is 0.785. The largest absolute Gasteiger partial charge is 0.470 e. The number of halogens is 1. The summed E-state index contributed by atoms with van der Waals surface area (Å²) < 4.78 is 7.98. The molecule has 0 saturated heterocycles. The summed E-state index contributed by atoms with van der Waals surface area (Å²) in [7, 11) is 0. The van der Waals surface area contributed by atoms with E-state index in [0.29, 0.717) is 5.88 Å². The van der Waals surface area contributed by atoms with E-state index in [-0.39, 0.29) is 24.0 Å². The monoisotopic (exact) mass is 351 g/mol. The second-order valence-corrected chi connectivity index (χ2v) is 7.29. The number of ether oxygens (including phenoxy) is 1. The van der Waals surface area contributed by atoms with Crippen LogP contribution in [0.2, 0.25) is 0 Å². The molecule has 23 heavy (non-hydrogen) atoms. The first-order valence-electron chi connectivity index (χ1n) is 7.24. The number of thiazole rings is 1. The van der Waals surface area contributed by atoms with Gasteiger partial charge in [0.25, 0.3) is 0 Å². The minimum Gasteiger partial charge on any atom is -0.470 e. The zero-order chi connectivity index (χ0) is 15.3. The highest BCUT2D eigenvalue weighted by molar-refractivity contribution is 7.15. The lowest BCUT2D eigenvalue weighted by molar-refractivity contribution is -0.00637. The van der Waals surface area contributed by atoms with Crippen LogP contribution < -0.4 is 10.5 Å². The van der Waals surface area contributed by atoms with Gasteiger partial charge in [0, 0.05) is 25.1 Å². The number of hydrogen-bond donors (Lipinski definition) is 1. The number of nitrogens with zero attached hydrogens (tertiary/aromatic N) is 4. The number of rotatable bonds is 3. The zero-order valence-corrected chi connectivity index (χ0v) is 14.5. The molecule has 1 aliphatic carbocycles. The molecule has 3 aromatic rings. The van der Waals surface area contributed by atoms with Crippen LogP contribution >= 0.6 is 23.7 Å². The van der Waals surface area contributed by atoms with E-state index in [1.807, 2.05) is 25.4 Å². The smallest absolute Gasteiger partial charge is 0.241 e. The summed E-state index contributed by atoms with van der Waals surface area (Å²) in [6, 6.07) is 2.13. The fraction of sp³-hybridized carbons (Fsp3) is 0.400. The van der Waals surface area contributed by atoms with Crippen molar-refractivity contribution in [2.45, 2.75) is 38.3 Å². The lowest BCUT2D eigenvalue weighted by Crippen LogP contribution is -2.53. The number of aromatic nitrogens is 4. The molecule has 1 fully saturated rings. The van der Waals surface area contributed by atoms with Crippen LogP contribution in [0.15, 0.2) is 24.7 Å². The summed E-state index contributed by atoms with van der Waals surface area (Å²) in [5, 5.41) is 5.33. The van der Waals surface area contributed by atoms with Gasteiger partial charge >= 0.3 is 0 Å². The van der Waals surface area contributed by atoms with Gasteiger partial charge in [-0.3, -0.25) is 0 Å². The fourth-order valence-corrected chi connectivity index (χ4v) is 3.67. The molecule has 0 aromatic carbocycles. The highest BCUT2D eigenvalue weighted by Gasteiger charge is 2.41. The third kappa shape index (κ3) is 2.91. The van der Waals surface area contributed by atoms with Gasteiger partial charge in [-0.2, -0.15) is 5.10 Å². The average Bonchev–Trinajstić information content (AvgIpc) is 3.05. The van der Waals surface area contributed by atoms with Crippen molar-refractivity contribution in [3.8, 4) is 16.5 Å². The van der Waals surface area contributed by atoms with Gasteiger partial charge in [-0.15, -0.1) is 23.7 Å². The standard InChI is InChI=1S/C15H17N5OS.ClH/c1-9-17-7-13(22-9)11-8-20-12(3-4-18-20)14(19-11)21-15(2)5-10(16)6-15;/h3-4,7-8,10H,5-6,16H2,1-2H3;1H. The molecule has 1 saturated carbocycles. The van der Waals surface area contributed by atoms with Crippen LogP contribution in [0.1, 0.15) is 24.8 Å². The Labute approximate surface area is 144 Å². The van der Waals surface area contributed by atoms with Crippen molar-refractivity contribution in [2.75, 3.05) is 0 Å². The van der Waals surface area contributed by atoms with Gasteiger partial charge in [-0.05, 0) is 19.9 Å². The first-order chi connectivity index (χ1) is 10.5. The Morgan fingerprint density at radius 1 is 1.43 bits per heavy atom. The molecule has 2 N–H and O–H groups in total. The summed E-state index contributed by atoms with van der Waals surface area (Å²) >= 11 is 1.61. The first kappa shape index (κ1) is 16.2. The third-order valence-electron chi connectivity index (χ3n) is 3.96. The van der Waals surface area contributed by atoms with Gasteiger partial charge in [-0.25, -0.2) is 14.5 Å². The van der Waals surface area contributed by atoms with Crippen molar-refractivity contribution >= 4 is 29.3 Å². The highest BCUT2D eigenvalue weighted by Crippen LogP contribution is 2.37. The Bertz CT molecular complexity index is 839. The minimum absolute atomic E-state index is 0. The van der Waals surface area contributed by atoms with E-state index in [0.717, 1.165) is 33.9 Å². The van der Waals surface area contributed by atoms with Gasteiger partial charge in [0.05, 0.1) is 22.3 Å². The fourth-order valence-electron chi connectivity index (χ4n) is 2.94. The van der Waals surface area contributed by atoms with Crippen molar-refractivity contribution in [1.82, 2.24) is 19.6 Å². The topological polar surface area (TPSA) is 78.3 Å². The van der Waals surface area contributed by atoms with E-state index < -0.39 is 0 Å². The molecule has 0 spiro atoms. The summed E-state index contributed by atoms with van der Waals surface area (Å²) in [6.07, 6.45) is 7.19. The van der Waals surface area contributed by atoms with Gasteiger partial charge in [0.1, 0.15) is 16.8 Å². The van der Waals surface area contributed by atoms with Crippen LogP contribution in [0.4, 0.5) is 0 Å². The molecule has 3 aromatic heterocycles. The van der Waals surface area contributed by atoms with Gasteiger partial charge in [0.15, 0.2) is 0 Å². The Balaban J connectivity index is 0.00000156. The second-order valence-electron chi connectivity index (χ2n) is 6.06. The molecule has 0 bridgehead atoms. The molecule has 1 aliphatic rings. The van der Waals surface area contributed by atoms with Crippen molar-refractivity contribution in [2.24, 2.45) is 5.73 Å². The molecule has 0 unspecified atom stereocenters. The van der Waals surface area contributed by atoms with Crippen molar-refractivity contribution in [1.29, 1.82) is 0 Å². The highest BCUT2D eigenvalue weighted by atomic mass is 35.5. The predicted octanol–water partition coefficient (Wildman–Crippen LogP) is 2.84. The molecule has 6 nitrogen and oxygen atoms in total. The molecule has 4 rings (SSSR count). The SMILES string of the molecule is Cc1ncc(-c2cn3nccc3c(OC3(C)CC(N)C3)n2)s1.Cl. The summed E-state index contributed by atoms with van der Waals surface area (Å²) in [5.74, 6) is 0.607. The minimum atomic E-state index is -0.237. The number of aryl methyl sites for hydroxylation is 1. The number of hydrogen-bond acceptors (Lipinski definition) is 6. The molecule has 0 atom stereocenters. The normalized spacial score (nSPS) is 23.3. The summed E-state index contributed by atoms with van der Waals surface area (Å²) in [5.41, 5.74) is 7.35. The molecular weight excluding hydrogens is 334 g/mol. The molecule has 3 heterocycles. The summed E-state index contributed by atoms with van der Waals surface area (Å²) in [4.78, 5) is 10.00. The molecule has 122 valence electrons. The molecular formula is C15H18ClN5OS. The zero-order valence-electron chi connectivity index (χ0n) is 12.9. The maximum absolute atomic E-state index is 6.18. The van der Waals surface area contributed by atoms with Gasteiger partial charge < -0.3 is 10.5 Å². The van der Waals surface area contributed by atoms with E-state index in [9.17, 15) is 0 Å². The summed E-state index contributed by atoms with van der Waals surface area (Å²) in [6.45, 7) is 4.06. The van der Waals surface area contributed by atoms with E-state index in [1.165, 1.54) is 0 Å².